The maximum absolute atomic E-state index is 12.2. The van der Waals surface area contributed by atoms with Crippen molar-refractivity contribution in [2.45, 2.75) is 19.4 Å². The number of hydrogen-bond acceptors (Lipinski definition) is 4. The molecule has 0 amide bonds. The van der Waals surface area contributed by atoms with Crippen molar-refractivity contribution in [1.82, 2.24) is 0 Å². The lowest BCUT2D eigenvalue weighted by atomic mass is 9.93. The molecule has 5 heteroatoms. The molecule has 2 rings (SSSR count). The summed E-state index contributed by atoms with van der Waals surface area (Å²) in [4.78, 5) is 23.5. The lowest BCUT2D eigenvalue weighted by molar-refractivity contribution is -0.00384. The van der Waals surface area contributed by atoms with Crippen LogP contribution in [0.1, 0.15) is 40.1 Å². The van der Waals surface area contributed by atoms with Gasteiger partial charge in [-0.3, -0.25) is 0 Å². The highest BCUT2D eigenvalue weighted by Gasteiger charge is 2.30. The highest BCUT2D eigenvalue weighted by Crippen LogP contribution is 2.29. The van der Waals surface area contributed by atoms with Crippen LogP contribution < -0.4 is 0 Å². The van der Waals surface area contributed by atoms with Crippen LogP contribution in [0.15, 0.2) is 48.5 Å². The lowest BCUT2D eigenvalue weighted by Gasteiger charge is -2.27. The zero-order chi connectivity index (χ0) is 16.3. The maximum atomic E-state index is 12.2. The SMILES string of the molecule is CC(C)(OC(=O)c1ccc(O)cc1)c1ccccc1C(=O)O. The Morgan fingerprint density at radius 1 is 1.00 bits per heavy atom. The summed E-state index contributed by atoms with van der Waals surface area (Å²) in [6, 6.07) is 12.0. The fourth-order valence-electron chi connectivity index (χ4n) is 2.14. The molecular formula is C17H16O5. The smallest absolute Gasteiger partial charge is 0.338 e. The van der Waals surface area contributed by atoms with Crippen LogP contribution in [-0.2, 0) is 10.3 Å². The van der Waals surface area contributed by atoms with Crippen molar-refractivity contribution in [2.24, 2.45) is 0 Å². The number of aromatic carboxylic acids is 1. The number of rotatable bonds is 4. The molecule has 0 fully saturated rings. The molecule has 0 aliphatic carbocycles. The van der Waals surface area contributed by atoms with Gasteiger partial charge in [0.1, 0.15) is 11.4 Å². The minimum absolute atomic E-state index is 0.0482. The maximum Gasteiger partial charge on any atom is 0.338 e. The zero-order valence-corrected chi connectivity index (χ0v) is 12.2. The average molecular weight is 300 g/mol. The van der Waals surface area contributed by atoms with E-state index in [1.54, 1.807) is 32.0 Å². The first-order valence-electron chi connectivity index (χ1n) is 6.66. The van der Waals surface area contributed by atoms with E-state index >= 15 is 0 Å². The molecule has 5 nitrogen and oxygen atoms in total. The Kier molecular flexibility index (Phi) is 4.17. The van der Waals surface area contributed by atoms with Gasteiger partial charge in [0.15, 0.2) is 0 Å². The molecule has 2 aromatic rings. The molecule has 0 radical (unpaired) electrons. The van der Waals surface area contributed by atoms with Crippen LogP contribution in [0.5, 0.6) is 5.75 Å². The Hall–Kier alpha value is -2.82. The summed E-state index contributed by atoms with van der Waals surface area (Å²) in [6.45, 7) is 3.26. The fourth-order valence-corrected chi connectivity index (χ4v) is 2.14. The third-order valence-corrected chi connectivity index (χ3v) is 3.26. The Balaban J connectivity index is 2.29. The first-order valence-corrected chi connectivity index (χ1v) is 6.66. The number of carboxylic acids is 1. The van der Waals surface area contributed by atoms with E-state index in [1.165, 1.54) is 30.3 Å². The van der Waals surface area contributed by atoms with Gasteiger partial charge in [0.25, 0.3) is 0 Å². The van der Waals surface area contributed by atoms with Gasteiger partial charge in [-0.2, -0.15) is 0 Å². The van der Waals surface area contributed by atoms with E-state index in [-0.39, 0.29) is 16.9 Å². The number of phenols is 1. The summed E-state index contributed by atoms with van der Waals surface area (Å²) in [6.07, 6.45) is 0. The molecule has 0 aliphatic heterocycles. The van der Waals surface area contributed by atoms with Gasteiger partial charge in [0.2, 0.25) is 0 Å². The molecule has 0 bridgehead atoms. The molecule has 0 aliphatic rings. The highest BCUT2D eigenvalue weighted by atomic mass is 16.6. The normalized spacial score (nSPS) is 11.0. The minimum Gasteiger partial charge on any atom is -0.508 e. The molecular weight excluding hydrogens is 284 g/mol. The largest absolute Gasteiger partial charge is 0.508 e. The van der Waals surface area contributed by atoms with E-state index in [4.69, 9.17) is 4.74 Å². The summed E-state index contributed by atoms with van der Waals surface area (Å²) in [5.41, 5.74) is -0.330. The number of carbonyl (C=O) groups excluding carboxylic acids is 1. The van der Waals surface area contributed by atoms with Gasteiger partial charge in [0, 0.05) is 5.56 Å². The van der Waals surface area contributed by atoms with Crippen LogP contribution in [0.25, 0.3) is 0 Å². The monoisotopic (exact) mass is 300 g/mol. The second kappa shape index (κ2) is 5.89. The molecule has 0 saturated heterocycles. The van der Waals surface area contributed by atoms with Crippen LogP contribution in [0.4, 0.5) is 0 Å². The van der Waals surface area contributed by atoms with Crippen molar-refractivity contribution >= 4 is 11.9 Å². The van der Waals surface area contributed by atoms with Crippen molar-refractivity contribution in [2.75, 3.05) is 0 Å². The van der Waals surface area contributed by atoms with Crippen molar-refractivity contribution in [3.63, 3.8) is 0 Å². The first kappa shape index (κ1) is 15.6. The predicted octanol–water partition coefficient (Wildman–Crippen LogP) is 3.18. The van der Waals surface area contributed by atoms with Crippen LogP contribution in [-0.4, -0.2) is 22.2 Å². The van der Waals surface area contributed by atoms with Gasteiger partial charge in [-0.15, -0.1) is 0 Å². The van der Waals surface area contributed by atoms with Gasteiger partial charge in [-0.05, 0) is 44.2 Å². The number of ether oxygens (including phenoxy) is 1. The number of aromatic hydroxyl groups is 1. The van der Waals surface area contributed by atoms with E-state index in [1.807, 2.05) is 0 Å². The van der Waals surface area contributed by atoms with Crippen LogP contribution in [0.3, 0.4) is 0 Å². The number of esters is 1. The van der Waals surface area contributed by atoms with Crippen LogP contribution in [0, 0.1) is 0 Å². The molecule has 0 heterocycles. The molecule has 114 valence electrons. The molecule has 2 aromatic carbocycles. The minimum atomic E-state index is -1.11. The number of hydrogen-bond donors (Lipinski definition) is 2. The standard InChI is InChI=1S/C17H16O5/c1-17(2,14-6-4-3-5-13(14)15(19)20)22-16(21)11-7-9-12(18)10-8-11/h3-10,18H,1-2H3,(H,19,20). The second-order valence-electron chi connectivity index (χ2n) is 5.30. The molecule has 0 unspecified atom stereocenters. The molecule has 0 spiro atoms. The van der Waals surface area contributed by atoms with E-state index in [9.17, 15) is 19.8 Å². The summed E-state index contributed by atoms with van der Waals surface area (Å²) in [7, 11) is 0. The zero-order valence-electron chi connectivity index (χ0n) is 12.2. The average Bonchev–Trinajstić information content (AvgIpc) is 2.47. The van der Waals surface area contributed by atoms with Gasteiger partial charge in [-0.1, -0.05) is 18.2 Å². The number of phenolic OH excluding ortho intramolecular Hbond substituents is 1. The predicted molar refractivity (Wildman–Crippen MR) is 79.9 cm³/mol. The van der Waals surface area contributed by atoms with E-state index in [0.29, 0.717) is 5.56 Å². The molecule has 0 atom stereocenters. The first-order chi connectivity index (χ1) is 10.3. The van der Waals surface area contributed by atoms with Gasteiger partial charge in [-0.25, -0.2) is 9.59 Å². The van der Waals surface area contributed by atoms with E-state index < -0.39 is 17.5 Å². The van der Waals surface area contributed by atoms with Crippen molar-refractivity contribution in [3.05, 3.63) is 65.2 Å². The topological polar surface area (TPSA) is 83.8 Å². The number of carbonyl (C=O) groups is 2. The summed E-state index contributed by atoms with van der Waals surface area (Å²) in [5.74, 6) is -1.62. The Morgan fingerprint density at radius 2 is 1.59 bits per heavy atom. The summed E-state index contributed by atoms with van der Waals surface area (Å²) in [5, 5.41) is 18.5. The number of benzene rings is 2. The van der Waals surface area contributed by atoms with Gasteiger partial charge in [0.05, 0.1) is 11.1 Å². The lowest BCUT2D eigenvalue weighted by Crippen LogP contribution is -2.28. The Labute approximate surface area is 127 Å². The third-order valence-electron chi connectivity index (χ3n) is 3.26. The Bertz CT molecular complexity index is 701. The van der Waals surface area contributed by atoms with Crippen LogP contribution >= 0.6 is 0 Å². The summed E-state index contributed by atoms with van der Waals surface area (Å²) >= 11 is 0. The Morgan fingerprint density at radius 3 is 2.18 bits per heavy atom. The van der Waals surface area contributed by atoms with Gasteiger partial charge < -0.3 is 14.9 Å². The van der Waals surface area contributed by atoms with Crippen LogP contribution in [0.2, 0.25) is 0 Å². The highest BCUT2D eigenvalue weighted by molar-refractivity contribution is 5.91. The molecule has 0 saturated carbocycles. The fraction of sp³-hybridized carbons (Fsp3) is 0.176. The molecule has 0 aromatic heterocycles. The summed E-state index contributed by atoms with van der Waals surface area (Å²) < 4.78 is 5.46. The van der Waals surface area contributed by atoms with Gasteiger partial charge >= 0.3 is 11.9 Å². The molecule has 22 heavy (non-hydrogen) atoms. The molecule has 2 N–H and O–H groups in total. The van der Waals surface area contributed by atoms with Crippen molar-refractivity contribution < 1.29 is 24.5 Å². The quantitative estimate of drug-likeness (QED) is 0.847. The van der Waals surface area contributed by atoms with E-state index in [0.717, 1.165) is 0 Å². The van der Waals surface area contributed by atoms with Crippen molar-refractivity contribution in [1.29, 1.82) is 0 Å². The number of carboxylic acid groups (broad SMARTS) is 1. The van der Waals surface area contributed by atoms with E-state index in [2.05, 4.69) is 0 Å². The second-order valence-corrected chi connectivity index (χ2v) is 5.30. The third kappa shape index (κ3) is 3.25. The van der Waals surface area contributed by atoms with Crippen molar-refractivity contribution in [3.8, 4) is 5.75 Å².